The highest BCUT2D eigenvalue weighted by molar-refractivity contribution is 7.90. The van der Waals surface area contributed by atoms with E-state index in [1.807, 2.05) is 0 Å². The monoisotopic (exact) mass is 488 g/mol. The average molecular weight is 489 g/mol. The lowest BCUT2D eigenvalue weighted by molar-refractivity contribution is -0.385. The number of rotatable bonds is 6. The molecule has 1 N–H and O–H groups in total. The zero-order chi connectivity index (χ0) is 23.9. The van der Waals surface area contributed by atoms with Crippen molar-refractivity contribution in [1.82, 2.24) is 0 Å². The van der Waals surface area contributed by atoms with E-state index >= 15 is 0 Å². The van der Waals surface area contributed by atoms with Gasteiger partial charge in [0, 0.05) is 28.8 Å². The molecule has 0 spiro atoms. The van der Waals surface area contributed by atoms with Crippen molar-refractivity contribution in [1.29, 1.82) is 0 Å². The Labute approximate surface area is 193 Å². The fourth-order valence-electron chi connectivity index (χ4n) is 3.82. The van der Waals surface area contributed by atoms with Crippen molar-refractivity contribution >= 4 is 43.6 Å². The molecule has 1 aromatic carbocycles. The minimum atomic E-state index is -3.80. The van der Waals surface area contributed by atoms with Gasteiger partial charge >= 0.3 is 0 Å². The van der Waals surface area contributed by atoms with Crippen LogP contribution >= 0.6 is 11.3 Å². The van der Waals surface area contributed by atoms with E-state index in [9.17, 15) is 28.1 Å². The number of carbonyl (C=O) groups excluding carboxylic acids is 2. The fourth-order valence-corrected chi connectivity index (χ4v) is 5.90. The number of non-ortho nitro benzene ring substituents is 1. The quantitative estimate of drug-likeness (QED) is 0.311. The molecule has 1 atom stereocenters. The van der Waals surface area contributed by atoms with Crippen LogP contribution in [-0.4, -0.2) is 31.3 Å². The summed E-state index contributed by atoms with van der Waals surface area (Å²) < 4.78 is 29.2. The molecule has 172 valence electrons. The number of carbonyl (C=O) groups is 2. The molecule has 0 bridgehead atoms. The van der Waals surface area contributed by atoms with Crippen molar-refractivity contribution in [2.75, 3.05) is 11.6 Å². The van der Waals surface area contributed by atoms with Crippen LogP contribution in [0.5, 0.6) is 0 Å². The van der Waals surface area contributed by atoms with Crippen LogP contribution in [0.25, 0.3) is 0 Å². The van der Waals surface area contributed by atoms with E-state index in [-0.39, 0.29) is 22.0 Å². The maximum atomic E-state index is 13.2. The second-order valence-corrected chi connectivity index (χ2v) is 11.2. The summed E-state index contributed by atoms with van der Waals surface area (Å²) in [7, 11) is -3.80. The van der Waals surface area contributed by atoms with Crippen molar-refractivity contribution in [3.63, 3.8) is 0 Å². The minimum absolute atomic E-state index is 0.138. The Kier molecular flexibility index (Phi) is 5.93. The summed E-state index contributed by atoms with van der Waals surface area (Å²) in [5, 5.41) is 14.3. The Morgan fingerprint density at radius 1 is 1.27 bits per heavy atom. The van der Waals surface area contributed by atoms with Gasteiger partial charge in [0.15, 0.2) is 15.6 Å². The predicted octanol–water partition coefficient (Wildman–Crippen LogP) is 4.26. The van der Waals surface area contributed by atoms with Crippen LogP contribution in [0.1, 0.15) is 50.3 Å². The molecule has 11 heteroatoms. The molecule has 0 saturated carbocycles. The normalized spacial score (nSPS) is 15.6. The summed E-state index contributed by atoms with van der Waals surface area (Å²) in [5.74, 6) is -0.540. The van der Waals surface area contributed by atoms with Gasteiger partial charge in [0.05, 0.1) is 21.6 Å². The van der Waals surface area contributed by atoms with E-state index in [0.29, 0.717) is 22.9 Å². The molecule has 3 aromatic rings. The maximum absolute atomic E-state index is 13.2. The van der Waals surface area contributed by atoms with Gasteiger partial charge in [0.25, 0.3) is 11.6 Å². The SMILES string of the molecule is CC1CCc2c(sc(NC(=O)c3cc([N+](=O)[O-])cc(S(C)(=O)=O)c3)c2C(=O)c2ccco2)C1. The summed E-state index contributed by atoms with van der Waals surface area (Å²) in [6, 6.07) is 6.14. The standard InChI is InChI=1S/C22H20N2O7S2/c1-12-5-6-16-18(8-12)32-22(19(16)20(25)17-4-3-7-31-17)23-21(26)13-9-14(24(27)28)11-15(10-13)33(2,29)30/h3-4,7,9-12H,5-6,8H2,1-2H3,(H,23,26). The Balaban J connectivity index is 1.77. The lowest BCUT2D eigenvalue weighted by Crippen LogP contribution is -2.16. The van der Waals surface area contributed by atoms with Gasteiger partial charge in [0.1, 0.15) is 5.00 Å². The number of sulfone groups is 1. The van der Waals surface area contributed by atoms with Gasteiger partial charge in [-0.25, -0.2) is 8.42 Å². The second kappa shape index (κ2) is 8.56. The molecule has 0 aliphatic heterocycles. The van der Waals surface area contributed by atoms with Crippen LogP contribution in [0.2, 0.25) is 0 Å². The van der Waals surface area contributed by atoms with Crippen LogP contribution in [0.3, 0.4) is 0 Å². The van der Waals surface area contributed by atoms with E-state index < -0.39 is 26.4 Å². The van der Waals surface area contributed by atoms with Gasteiger partial charge in [-0.15, -0.1) is 11.3 Å². The molecular formula is C22H20N2O7S2. The van der Waals surface area contributed by atoms with E-state index in [4.69, 9.17) is 4.42 Å². The number of benzene rings is 1. The molecule has 0 radical (unpaired) electrons. The topological polar surface area (TPSA) is 137 Å². The van der Waals surface area contributed by atoms with Crippen molar-refractivity contribution < 1.29 is 27.3 Å². The number of nitro groups is 1. The minimum Gasteiger partial charge on any atom is -0.461 e. The van der Waals surface area contributed by atoms with Gasteiger partial charge in [-0.1, -0.05) is 6.92 Å². The fraction of sp³-hybridized carbons (Fsp3) is 0.273. The van der Waals surface area contributed by atoms with E-state index in [1.54, 1.807) is 12.1 Å². The number of nitro benzene ring substituents is 1. The number of fused-ring (bicyclic) bond motifs is 1. The van der Waals surface area contributed by atoms with Gasteiger partial charge in [-0.2, -0.15) is 0 Å². The largest absolute Gasteiger partial charge is 0.461 e. The molecule has 0 fully saturated rings. The molecule has 2 heterocycles. The number of anilines is 1. The first-order valence-electron chi connectivity index (χ1n) is 10.1. The van der Waals surface area contributed by atoms with E-state index in [2.05, 4.69) is 12.2 Å². The summed E-state index contributed by atoms with van der Waals surface area (Å²) in [4.78, 5) is 37.4. The van der Waals surface area contributed by atoms with Crippen LogP contribution in [0, 0.1) is 16.0 Å². The highest BCUT2D eigenvalue weighted by atomic mass is 32.2. The summed E-state index contributed by atoms with van der Waals surface area (Å²) in [6.07, 6.45) is 4.64. The number of ketones is 1. The molecule has 1 aliphatic carbocycles. The van der Waals surface area contributed by atoms with Crippen LogP contribution in [0.15, 0.2) is 45.9 Å². The Morgan fingerprint density at radius 2 is 2.03 bits per heavy atom. The number of nitrogens with zero attached hydrogens (tertiary/aromatic N) is 1. The number of nitrogens with one attached hydrogen (secondary N) is 1. The number of hydrogen-bond acceptors (Lipinski definition) is 8. The number of furan rings is 1. The molecule has 1 amide bonds. The molecular weight excluding hydrogens is 468 g/mol. The lowest BCUT2D eigenvalue weighted by Gasteiger charge is -2.18. The molecule has 1 aliphatic rings. The van der Waals surface area contributed by atoms with Crippen molar-refractivity contribution in [2.24, 2.45) is 5.92 Å². The molecule has 9 nitrogen and oxygen atoms in total. The highest BCUT2D eigenvalue weighted by Gasteiger charge is 2.30. The van der Waals surface area contributed by atoms with Crippen molar-refractivity contribution in [3.8, 4) is 0 Å². The summed E-state index contributed by atoms with van der Waals surface area (Å²) in [5.41, 5.74) is 0.500. The average Bonchev–Trinajstić information content (AvgIpc) is 3.40. The zero-order valence-corrected chi connectivity index (χ0v) is 19.4. The van der Waals surface area contributed by atoms with Crippen LogP contribution in [-0.2, 0) is 22.7 Å². The lowest BCUT2D eigenvalue weighted by atomic mass is 9.87. The number of hydrogen-bond donors (Lipinski definition) is 1. The Bertz CT molecular complexity index is 1370. The van der Waals surface area contributed by atoms with Gasteiger partial charge in [-0.05, 0) is 48.9 Å². The van der Waals surface area contributed by atoms with Crippen LogP contribution in [0.4, 0.5) is 10.7 Å². The highest BCUT2D eigenvalue weighted by Crippen LogP contribution is 2.41. The van der Waals surface area contributed by atoms with Crippen molar-refractivity contribution in [3.05, 3.63) is 74.0 Å². The molecule has 2 aromatic heterocycles. The second-order valence-electron chi connectivity index (χ2n) is 8.06. The Hall–Kier alpha value is -3.31. The molecule has 4 rings (SSSR count). The van der Waals surface area contributed by atoms with Gasteiger partial charge in [-0.3, -0.25) is 19.7 Å². The maximum Gasteiger partial charge on any atom is 0.271 e. The molecule has 0 saturated heterocycles. The third-order valence-electron chi connectivity index (χ3n) is 5.50. The first-order chi connectivity index (χ1) is 15.5. The zero-order valence-electron chi connectivity index (χ0n) is 17.8. The Morgan fingerprint density at radius 3 is 2.67 bits per heavy atom. The van der Waals surface area contributed by atoms with E-state index in [0.717, 1.165) is 47.7 Å². The molecule has 33 heavy (non-hydrogen) atoms. The smallest absolute Gasteiger partial charge is 0.271 e. The number of thiophene rings is 1. The third-order valence-corrected chi connectivity index (χ3v) is 7.77. The van der Waals surface area contributed by atoms with Crippen molar-refractivity contribution in [2.45, 2.75) is 31.1 Å². The third kappa shape index (κ3) is 4.60. The summed E-state index contributed by atoms with van der Waals surface area (Å²) >= 11 is 1.29. The summed E-state index contributed by atoms with van der Waals surface area (Å²) in [6.45, 7) is 2.12. The number of amides is 1. The van der Waals surface area contributed by atoms with Gasteiger partial charge in [0.2, 0.25) is 5.78 Å². The van der Waals surface area contributed by atoms with Gasteiger partial charge < -0.3 is 9.73 Å². The van der Waals surface area contributed by atoms with E-state index in [1.165, 1.54) is 17.6 Å². The van der Waals surface area contributed by atoms with Crippen LogP contribution < -0.4 is 5.32 Å². The first-order valence-corrected chi connectivity index (χ1v) is 12.8. The predicted molar refractivity (Wildman–Crippen MR) is 122 cm³/mol. The first kappa shape index (κ1) is 22.9. The molecule has 1 unspecified atom stereocenters.